The van der Waals surface area contributed by atoms with Gasteiger partial charge in [0.05, 0.1) is 38.4 Å². The fraction of sp³-hybridized carbons (Fsp3) is 0.0741. The molecule has 35 heavy (non-hydrogen) atoms. The topological polar surface area (TPSA) is 79.4 Å². The summed E-state index contributed by atoms with van der Waals surface area (Å²) in [4.78, 5) is 33.2. The molecular formula is C27H20ClN3O3S. The second-order valence-electron chi connectivity index (χ2n) is 8.01. The first-order valence-electron chi connectivity index (χ1n) is 10.9. The maximum absolute atomic E-state index is 13.7. The molecule has 1 atom stereocenters. The number of benzene rings is 3. The number of rotatable bonds is 5. The molecule has 0 aliphatic carbocycles. The van der Waals surface area contributed by atoms with Gasteiger partial charge in [0, 0.05) is 29.5 Å². The van der Waals surface area contributed by atoms with E-state index in [2.05, 4.69) is 10.3 Å². The van der Waals surface area contributed by atoms with Crippen LogP contribution < -0.4 is 10.2 Å². The summed E-state index contributed by atoms with van der Waals surface area (Å²) in [5.74, 6) is -0.597. The number of carbonyl (C=O) groups is 2. The molecule has 4 aromatic rings. The van der Waals surface area contributed by atoms with Gasteiger partial charge in [0.15, 0.2) is 0 Å². The number of carbonyl (C=O) groups excluding carboxylic acids is 2. The Hall–Kier alpha value is -3.81. The average Bonchev–Trinajstić information content (AvgIpc) is 2.97. The lowest BCUT2D eigenvalue weighted by molar-refractivity contribution is 0.0947. The van der Waals surface area contributed by atoms with Gasteiger partial charge in [-0.05, 0) is 59.7 Å². The van der Waals surface area contributed by atoms with Gasteiger partial charge in [-0.2, -0.15) is 0 Å². The van der Waals surface area contributed by atoms with Crippen molar-refractivity contribution in [3.05, 3.63) is 119 Å². The molecule has 0 saturated heterocycles. The van der Waals surface area contributed by atoms with Gasteiger partial charge in [0.2, 0.25) is 0 Å². The van der Waals surface area contributed by atoms with Crippen molar-refractivity contribution < 1.29 is 13.8 Å². The highest BCUT2D eigenvalue weighted by Crippen LogP contribution is 2.36. The van der Waals surface area contributed by atoms with Crippen LogP contribution in [0.15, 0.2) is 101 Å². The van der Waals surface area contributed by atoms with E-state index in [0.29, 0.717) is 38.2 Å². The molecule has 1 aliphatic heterocycles. The first-order chi connectivity index (χ1) is 17.0. The van der Waals surface area contributed by atoms with Gasteiger partial charge < -0.3 is 10.2 Å². The van der Waals surface area contributed by atoms with E-state index in [4.69, 9.17) is 11.6 Å². The Morgan fingerprint density at radius 3 is 2.57 bits per heavy atom. The highest BCUT2D eigenvalue weighted by atomic mass is 35.5. The van der Waals surface area contributed by atoms with Gasteiger partial charge >= 0.3 is 0 Å². The van der Waals surface area contributed by atoms with E-state index in [1.54, 1.807) is 78.0 Å². The van der Waals surface area contributed by atoms with Crippen molar-refractivity contribution in [2.75, 3.05) is 4.90 Å². The number of nitrogens with one attached hydrogen (secondary N) is 1. The van der Waals surface area contributed by atoms with Gasteiger partial charge in [-0.1, -0.05) is 41.9 Å². The van der Waals surface area contributed by atoms with Crippen LogP contribution >= 0.6 is 11.6 Å². The summed E-state index contributed by atoms with van der Waals surface area (Å²) in [6.45, 7) is 0.519. The molecule has 6 nitrogen and oxygen atoms in total. The largest absolute Gasteiger partial charge is 0.348 e. The van der Waals surface area contributed by atoms with Crippen LogP contribution in [0.2, 0.25) is 5.02 Å². The predicted octanol–water partition coefficient (Wildman–Crippen LogP) is 4.99. The molecule has 1 aromatic heterocycles. The fourth-order valence-electron chi connectivity index (χ4n) is 3.97. The summed E-state index contributed by atoms with van der Waals surface area (Å²) >= 11 is 6.18. The molecule has 8 heteroatoms. The van der Waals surface area contributed by atoms with Crippen molar-refractivity contribution in [3.8, 4) is 0 Å². The van der Waals surface area contributed by atoms with Crippen molar-refractivity contribution in [1.82, 2.24) is 10.3 Å². The van der Waals surface area contributed by atoms with E-state index in [0.717, 1.165) is 11.1 Å². The number of hydrogen-bond acceptors (Lipinski definition) is 4. The summed E-state index contributed by atoms with van der Waals surface area (Å²) < 4.78 is 13.5. The second-order valence-corrected chi connectivity index (χ2v) is 9.87. The molecule has 1 unspecified atom stereocenters. The number of hydrogen-bond donors (Lipinski definition) is 1. The summed E-state index contributed by atoms with van der Waals surface area (Å²) in [6, 6.07) is 22.7. The number of amides is 2. The number of fused-ring (bicyclic) bond motifs is 2. The molecule has 174 valence electrons. The summed E-state index contributed by atoms with van der Waals surface area (Å²) in [5.41, 5.74) is 2.84. The lowest BCUT2D eigenvalue weighted by Gasteiger charge is -2.23. The quantitative estimate of drug-likeness (QED) is 0.417. The molecule has 0 spiro atoms. The zero-order valence-electron chi connectivity index (χ0n) is 18.5. The molecule has 0 bridgehead atoms. The summed E-state index contributed by atoms with van der Waals surface area (Å²) in [5, 5.41) is 3.43. The molecule has 1 N–H and O–H groups in total. The van der Waals surface area contributed by atoms with Crippen molar-refractivity contribution in [2.24, 2.45) is 0 Å². The van der Waals surface area contributed by atoms with Gasteiger partial charge in [0.25, 0.3) is 11.8 Å². The van der Waals surface area contributed by atoms with Crippen LogP contribution in [-0.2, 0) is 23.9 Å². The Kier molecular flexibility index (Phi) is 6.44. The molecule has 2 heterocycles. The third-order valence-corrected chi connectivity index (χ3v) is 7.41. The molecule has 3 aromatic carbocycles. The van der Waals surface area contributed by atoms with E-state index in [1.165, 1.54) is 0 Å². The Morgan fingerprint density at radius 1 is 0.943 bits per heavy atom. The number of halogens is 1. The third-order valence-electron chi connectivity index (χ3n) is 5.68. The van der Waals surface area contributed by atoms with E-state index in [-0.39, 0.29) is 18.4 Å². The van der Waals surface area contributed by atoms with Crippen LogP contribution in [0.25, 0.3) is 0 Å². The molecule has 1 aliphatic rings. The Balaban J connectivity index is 1.55. The Morgan fingerprint density at radius 2 is 1.77 bits per heavy atom. The van der Waals surface area contributed by atoms with Crippen molar-refractivity contribution in [3.63, 3.8) is 0 Å². The molecule has 0 fully saturated rings. The SMILES string of the molecule is O=C(NCc1cccnc1)c1ccc2c(c1)N(Cc1cccc(Cl)c1)C(=O)c1ccccc1S2=O. The average molecular weight is 502 g/mol. The van der Waals surface area contributed by atoms with E-state index < -0.39 is 10.8 Å². The number of pyridine rings is 1. The lowest BCUT2D eigenvalue weighted by Crippen LogP contribution is -2.31. The van der Waals surface area contributed by atoms with Gasteiger partial charge in [-0.3, -0.25) is 14.6 Å². The van der Waals surface area contributed by atoms with Crippen molar-refractivity contribution in [2.45, 2.75) is 22.9 Å². The van der Waals surface area contributed by atoms with Crippen LogP contribution in [0.1, 0.15) is 31.8 Å². The maximum Gasteiger partial charge on any atom is 0.259 e. The Labute approximate surface area is 210 Å². The van der Waals surface area contributed by atoms with Crippen LogP contribution in [0, 0.1) is 0 Å². The van der Waals surface area contributed by atoms with E-state index >= 15 is 0 Å². The minimum atomic E-state index is -1.59. The first-order valence-corrected chi connectivity index (χ1v) is 12.4. The van der Waals surface area contributed by atoms with Crippen LogP contribution in [0.3, 0.4) is 0 Å². The van der Waals surface area contributed by atoms with Crippen molar-refractivity contribution >= 4 is 39.9 Å². The third kappa shape index (κ3) is 4.73. The van der Waals surface area contributed by atoms with Gasteiger partial charge in [0.1, 0.15) is 0 Å². The first kappa shape index (κ1) is 23.0. The lowest BCUT2D eigenvalue weighted by atomic mass is 10.1. The minimum Gasteiger partial charge on any atom is -0.348 e. The van der Waals surface area contributed by atoms with E-state index in [9.17, 15) is 13.8 Å². The predicted molar refractivity (Wildman–Crippen MR) is 135 cm³/mol. The smallest absolute Gasteiger partial charge is 0.259 e. The van der Waals surface area contributed by atoms with Crippen molar-refractivity contribution in [1.29, 1.82) is 0 Å². The van der Waals surface area contributed by atoms with Crippen LogP contribution in [0.5, 0.6) is 0 Å². The monoisotopic (exact) mass is 501 g/mol. The Bertz CT molecular complexity index is 1460. The molecule has 5 rings (SSSR count). The maximum atomic E-state index is 13.7. The zero-order chi connectivity index (χ0) is 24.4. The second kappa shape index (κ2) is 9.82. The molecule has 0 radical (unpaired) electrons. The highest BCUT2D eigenvalue weighted by molar-refractivity contribution is 7.85. The normalized spacial score (nSPS) is 14.6. The molecule has 2 amide bonds. The van der Waals surface area contributed by atoms with Crippen LogP contribution in [0.4, 0.5) is 5.69 Å². The van der Waals surface area contributed by atoms with E-state index in [1.807, 2.05) is 18.2 Å². The summed E-state index contributed by atoms with van der Waals surface area (Å²) in [7, 11) is -1.59. The number of aromatic nitrogens is 1. The van der Waals surface area contributed by atoms with Crippen LogP contribution in [-0.4, -0.2) is 21.0 Å². The summed E-state index contributed by atoms with van der Waals surface area (Å²) in [6.07, 6.45) is 3.35. The van der Waals surface area contributed by atoms with Gasteiger partial charge in [-0.15, -0.1) is 0 Å². The van der Waals surface area contributed by atoms with Gasteiger partial charge in [-0.25, -0.2) is 4.21 Å². The zero-order valence-corrected chi connectivity index (χ0v) is 20.1. The number of anilines is 1. The standard InChI is InChI=1S/C27H20ClN3O3S/c28-21-7-3-5-18(13-21)17-31-23-14-20(26(32)30-16-19-6-4-12-29-15-19)10-11-25(23)35(34)24-9-2-1-8-22(24)27(31)33/h1-15H,16-17H2,(H,30,32). The fourth-order valence-corrected chi connectivity index (χ4v) is 5.52. The number of nitrogens with zero attached hydrogens (tertiary/aromatic N) is 2. The minimum absolute atomic E-state index is 0.207. The molecule has 0 saturated carbocycles. The highest BCUT2D eigenvalue weighted by Gasteiger charge is 2.31. The molecular weight excluding hydrogens is 482 g/mol.